The van der Waals surface area contributed by atoms with Crippen molar-refractivity contribution in [1.82, 2.24) is 9.80 Å². The summed E-state index contributed by atoms with van der Waals surface area (Å²) >= 11 is 1.53. The van der Waals surface area contributed by atoms with Crippen LogP contribution in [-0.4, -0.2) is 39.1 Å². The molecule has 0 saturated carbocycles. The molecule has 0 radical (unpaired) electrons. The molecule has 0 spiro atoms. The van der Waals surface area contributed by atoms with Crippen LogP contribution < -0.4 is 0 Å². The first-order valence-corrected chi connectivity index (χ1v) is 11.8. The molecule has 1 atom stereocenters. The van der Waals surface area contributed by atoms with Crippen LogP contribution in [0.15, 0.2) is 66.0 Å². The number of carbonyl (C=O) groups is 2. The number of thiophene rings is 1. The van der Waals surface area contributed by atoms with Gasteiger partial charge >= 0.3 is 0 Å². The van der Waals surface area contributed by atoms with Gasteiger partial charge in [0, 0.05) is 35.2 Å². The Balaban J connectivity index is 1.82. The maximum atomic E-state index is 13.4. The van der Waals surface area contributed by atoms with E-state index >= 15 is 0 Å². The second kappa shape index (κ2) is 11.5. The largest absolute Gasteiger partial charge is 0.332 e. The van der Waals surface area contributed by atoms with E-state index < -0.39 is 4.92 Å². The van der Waals surface area contributed by atoms with Gasteiger partial charge in [0.2, 0.25) is 5.91 Å². The maximum Gasteiger partial charge on any atom is 0.269 e. The number of nitro groups is 1. The summed E-state index contributed by atoms with van der Waals surface area (Å²) in [4.78, 5) is 41.2. The summed E-state index contributed by atoms with van der Waals surface area (Å²) in [6.07, 6.45) is 0.634. The number of hydrogen-bond donors (Lipinski definition) is 0. The van der Waals surface area contributed by atoms with Crippen molar-refractivity contribution in [2.75, 3.05) is 6.54 Å². The van der Waals surface area contributed by atoms with Crippen molar-refractivity contribution >= 4 is 28.8 Å². The van der Waals surface area contributed by atoms with Crippen LogP contribution in [0.4, 0.5) is 10.1 Å². The number of amides is 2. The molecule has 3 rings (SSSR count). The molecule has 1 unspecified atom stereocenters. The molecule has 0 fully saturated rings. The predicted molar refractivity (Wildman–Crippen MR) is 129 cm³/mol. The van der Waals surface area contributed by atoms with Gasteiger partial charge in [-0.05, 0) is 54.6 Å². The Kier molecular flexibility index (Phi) is 8.48. The van der Waals surface area contributed by atoms with E-state index in [-0.39, 0.29) is 48.0 Å². The van der Waals surface area contributed by atoms with Crippen LogP contribution in [-0.2, 0) is 17.9 Å². The fourth-order valence-corrected chi connectivity index (χ4v) is 4.14. The number of hydrogen-bond acceptors (Lipinski definition) is 5. The van der Waals surface area contributed by atoms with Gasteiger partial charge in [-0.25, -0.2) is 4.39 Å². The van der Waals surface area contributed by atoms with Crippen LogP contribution in [0, 0.1) is 15.9 Å². The molecular weight excluding hydrogens is 457 g/mol. The quantitative estimate of drug-likeness (QED) is 0.291. The standard InChI is InChI=1S/C25H26FN3O4S/c1-3-18(2)28(25(31)20-8-12-22(13-9-20)29(32)33)17-24(30)27(16-23-5-4-14-34-23)15-19-6-10-21(26)11-7-19/h4-14,18H,3,15-17H2,1-2H3. The monoisotopic (exact) mass is 483 g/mol. The topological polar surface area (TPSA) is 83.8 Å². The first-order valence-electron chi connectivity index (χ1n) is 10.9. The second-order valence-corrected chi connectivity index (χ2v) is 8.98. The molecule has 9 heteroatoms. The van der Waals surface area contributed by atoms with Gasteiger partial charge in [0.15, 0.2) is 0 Å². The van der Waals surface area contributed by atoms with Gasteiger partial charge in [0.05, 0.1) is 11.5 Å². The lowest BCUT2D eigenvalue weighted by Gasteiger charge is -2.31. The van der Waals surface area contributed by atoms with E-state index in [4.69, 9.17) is 0 Å². The summed E-state index contributed by atoms with van der Waals surface area (Å²) in [5, 5.41) is 12.9. The molecule has 2 amide bonds. The Labute approximate surface area is 201 Å². The summed E-state index contributed by atoms with van der Waals surface area (Å²) in [6, 6.07) is 15.0. The van der Waals surface area contributed by atoms with E-state index in [2.05, 4.69) is 0 Å². The van der Waals surface area contributed by atoms with Crippen molar-refractivity contribution < 1.29 is 18.9 Å². The van der Waals surface area contributed by atoms with E-state index in [0.29, 0.717) is 13.0 Å². The third-order valence-electron chi connectivity index (χ3n) is 5.58. The number of nitrogens with zero attached hydrogens (tertiary/aromatic N) is 3. The Morgan fingerprint density at radius 3 is 2.29 bits per heavy atom. The molecule has 0 aliphatic heterocycles. The Morgan fingerprint density at radius 2 is 1.74 bits per heavy atom. The van der Waals surface area contributed by atoms with Crippen LogP contribution in [0.5, 0.6) is 0 Å². The summed E-state index contributed by atoms with van der Waals surface area (Å²) in [7, 11) is 0. The summed E-state index contributed by atoms with van der Waals surface area (Å²) in [6.45, 7) is 4.29. The molecule has 34 heavy (non-hydrogen) atoms. The fraction of sp³-hybridized carbons (Fsp3) is 0.280. The van der Waals surface area contributed by atoms with Crippen molar-refractivity contribution in [2.24, 2.45) is 0 Å². The zero-order valence-electron chi connectivity index (χ0n) is 19.0. The minimum Gasteiger partial charge on any atom is -0.332 e. The van der Waals surface area contributed by atoms with Crippen LogP contribution >= 0.6 is 11.3 Å². The zero-order valence-corrected chi connectivity index (χ0v) is 19.8. The number of carbonyl (C=O) groups excluding carboxylic acids is 2. The lowest BCUT2D eigenvalue weighted by molar-refractivity contribution is -0.384. The average molecular weight is 484 g/mol. The minimum atomic E-state index is -0.526. The molecule has 0 saturated heterocycles. The lowest BCUT2D eigenvalue weighted by Crippen LogP contribution is -2.46. The molecule has 0 bridgehead atoms. The molecule has 0 aliphatic rings. The Bertz CT molecular complexity index is 1120. The van der Waals surface area contributed by atoms with E-state index in [1.807, 2.05) is 31.4 Å². The molecule has 178 valence electrons. The van der Waals surface area contributed by atoms with Gasteiger partial charge in [-0.3, -0.25) is 19.7 Å². The van der Waals surface area contributed by atoms with Crippen LogP contribution in [0.25, 0.3) is 0 Å². The zero-order chi connectivity index (χ0) is 24.7. The average Bonchev–Trinajstić information content (AvgIpc) is 3.35. The predicted octanol–water partition coefficient (Wildman–Crippen LogP) is 5.27. The molecule has 1 heterocycles. The molecule has 3 aromatic rings. The molecular formula is C25H26FN3O4S. The van der Waals surface area contributed by atoms with Gasteiger partial charge in [0.1, 0.15) is 12.4 Å². The SMILES string of the molecule is CCC(C)N(CC(=O)N(Cc1ccc(F)cc1)Cc1cccs1)C(=O)c1ccc([N+](=O)[O-])cc1. The molecule has 2 aromatic carbocycles. The number of benzene rings is 2. The summed E-state index contributed by atoms with van der Waals surface area (Å²) in [5.74, 6) is -0.958. The molecule has 7 nitrogen and oxygen atoms in total. The summed E-state index contributed by atoms with van der Waals surface area (Å²) in [5.41, 5.74) is 0.953. The van der Waals surface area contributed by atoms with E-state index in [1.54, 1.807) is 17.0 Å². The van der Waals surface area contributed by atoms with Crippen molar-refractivity contribution in [3.63, 3.8) is 0 Å². The van der Waals surface area contributed by atoms with Crippen molar-refractivity contribution in [3.05, 3.63) is 98.0 Å². The normalized spacial score (nSPS) is 11.6. The first kappa shape index (κ1) is 25.0. The van der Waals surface area contributed by atoms with Crippen molar-refractivity contribution in [2.45, 2.75) is 39.4 Å². The third kappa shape index (κ3) is 6.48. The number of non-ortho nitro benzene ring substituents is 1. The van der Waals surface area contributed by atoms with Gasteiger partial charge in [-0.2, -0.15) is 0 Å². The van der Waals surface area contributed by atoms with Gasteiger partial charge < -0.3 is 9.80 Å². The fourth-order valence-electron chi connectivity index (χ4n) is 3.42. The van der Waals surface area contributed by atoms with Gasteiger partial charge in [-0.1, -0.05) is 25.1 Å². The first-order chi connectivity index (χ1) is 16.3. The molecule has 1 aromatic heterocycles. The van der Waals surface area contributed by atoms with E-state index in [9.17, 15) is 24.1 Å². The van der Waals surface area contributed by atoms with Crippen molar-refractivity contribution in [1.29, 1.82) is 0 Å². The van der Waals surface area contributed by atoms with Crippen LogP contribution in [0.2, 0.25) is 0 Å². The maximum absolute atomic E-state index is 13.4. The van der Waals surface area contributed by atoms with Gasteiger partial charge in [0.25, 0.3) is 11.6 Å². The highest BCUT2D eigenvalue weighted by Crippen LogP contribution is 2.19. The van der Waals surface area contributed by atoms with Crippen LogP contribution in [0.3, 0.4) is 0 Å². The molecule has 0 N–H and O–H groups in total. The van der Waals surface area contributed by atoms with Gasteiger partial charge in [-0.15, -0.1) is 11.3 Å². The minimum absolute atomic E-state index is 0.107. The Hall–Kier alpha value is -3.59. The highest BCUT2D eigenvalue weighted by Gasteiger charge is 2.26. The lowest BCUT2D eigenvalue weighted by atomic mass is 10.1. The number of halogens is 1. The van der Waals surface area contributed by atoms with E-state index in [1.165, 1.54) is 52.6 Å². The van der Waals surface area contributed by atoms with Crippen molar-refractivity contribution in [3.8, 4) is 0 Å². The highest BCUT2D eigenvalue weighted by molar-refractivity contribution is 7.09. The number of rotatable bonds is 10. The van der Waals surface area contributed by atoms with E-state index in [0.717, 1.165) is 10.4 Å². The third-order valence-corrected chi connectivity index (χ3v) is 6.44. The highest BCUT2D eigenvalue weighted by atomic mass is 32.1. The smallest absolute Gasteiger partial charge is 0.269 e. The van der Waals surface area contributed by atoms with Crippen LogP contribution in [0.1, 0.15) is 41.1 Å². The molecule has 0 aliphatic carbocycles. The Morgan fingerprint density at radius 1 is 1.06 bits per heavy atom. The number of nitro benzene ring substituents is 1. The second-order valence-electron chi connectivity index (χ2n) is 7.95. The summed E-state index contributed by atoms with van der Waals surface area (Å²) < 4.78 is 13.3.